The van der Waals surface area contributed by atoms with Crippen molar-refractivity contribution in [2.45, 2.75) is 57.7 Å². The van der Waals surface area contributed by atoms with Gasteiger partial charge in [-0.3, -0.25) is 9.59 Å². The minimum atomic E-state index is -0.648. The third-order valence-electron chi connectivity index (χ3n) is 4.22. The number of piperidine rings is 1. The van der Waals surface area contributed by atoms with E-state index in [9.17, 15) is 9.59 Å². The molecule has 1 aromatic carbocycles. The normalized spacial score (nSPS) is 19.4. The summed E-state index contributed by atoms with van der Waals surface area (Å²) in [5, 5.41) is 7.82. The number of nitrogens with one attached hydrogen (secondary N) is 2. The summed E-state index contributed by atoms with van der Waals surface area (Å²) in [4.78, 5) is 24.3. The highest BCUT2D eigenvalue weighted by molar-refractivity contribution is 6.39. The van der Waals surface area contributed by atoms with Crippen LogP contribution in [0.2, 0.25) is 0 Å². The Hall–Kier alpha value is -2.08. The molecule has 1 aromatic rings. The summed E-state index contributed by atoms with van der Waals surface area (Å²) in [6.07, 6.45) is 1.66. The van der Waals surface area contributed by atoms with Crippen molar-refractivity contribution in [2.24, 2.45) is 0 Å². The molecule has 1 saturated heterocycles. The smallest absolute Gasteiger partial charge is 0.313 e. The summed E-state index contributed by atoms with van der Waals surface area (Å²) in [6, 6.07) is 6.86. The van der Waals surface area contributed by atoms with Crippen LogP contribution in [0.15, 0.2) is 24.3 Å². The molecule has 132 valence electrons. The molecule has 0 spiro atoms. The molecule has 0 unspecified atom stereocenters. The Morgan fingerprint density at radius 1 is 1.04 bits per heavy atom. The number of anilines is 1. The van der Waals surface area contributed by atoms with E-state index < -0.39 is 11.8 Å². The molecule has 6 nitrogen and oxygen atoms in total. The molecule has 24 heavy (non-hydrogen) atoms. The van der Waals surface area contributed by atoms with Gasteiger partial charge in [0.25, 0.3) is 0 Å². The van der Waals surface area contributed by atoms with Crippen molar-refractivity contribution >= 4 is 17.5 Å². The second-order valence-electron chi connectivity index (χ2n) is 7.88. The van der Waals surface area contributed by atoms with E-state index in [0.717, 1.165) is 12.8 Å². The van der Waals surface area contributed by atoms with Crippen LogP contribution in [0.25, 0.3) is 0 Å². The standard InChI is InChI=1S/C18H27N3O3/c1-17(2)10-13(11-18(3,4)21-17)20-16(23)15(22)19-12-6-8-14(24-5)9-7-12/h6-9,13,21H,10-11H2,1-5H3,(H,19,22)(H,20,23)/p+1. The fraction of sp³-hybridized carbons (Fsp3) is 0.556. The van der Waals surface area contributed by atoms with E-state index >= 15 is 0 Å². The van der Waals surface area contributed by atoms with Gasteiger partial charge in [0.15, 0.2) is 0 Å². The number of quaternary nitrogens is 1. The lowest BCUT2D eigenvalue weighted by Gasteiger charge is -2.43. The van der Waals surface area contributed by atoms with Crippen LogP contribution in [0.3, 0.4) is 0 Å². The van der Waals surface area contributed by atoms with Crippen molar-refractivity contribution in [3.63, 3.8) is 0 Å². The van der Waals surface area contributed by atoms with E-state index in [1.807, 2.05) is 0 Å². The van der Waals surface area contributed by atoms with E-state index in [1.54, 1.807) is 31.4 Å². The predicted molar refractivity (Wildman–Crippen MR) is 92.9 cm³/mol. The van der Waals surface area contributed by atoms with E-state index in [4.69, 9.17) is 4.74 Å². The number of ether oxygens (including phenoxy) is 1. The summed E-state index contributed by atoms with van der Waals surface area (Å²) < 4.78 is 5.07. The molecule has 0 aromatic heterocycles. The average molecular weight is 334 g/mol. The Labute approximate surface area is 143 Å². The lowest BCUT2D eigenvalue weighted by Crippen LogP contribution is -3.06. The first-order chi connectivity index (χ1) is 11.1. The van der Waals surface area contributed by atoms with Gasteiger partial charge in [0.05, 0.1) is 18.2 Å². The molecule has 1 heterocycles. The maximum atomic E-state index is 12.2. The SMILES string of the molecule is COc1ccc(NC(=O)C(=O)NC2CC(C)(C)[NH2+]C(C)(C)C2)cc1. The van der Waals surface area contributed by atoms with Crippen LogP contribution in [-0.4, -0.2) is 36.0 Å². The molecule has 0 radical (unpaired) electrons. The molecule has 0 aliphatic carbocycles. The van der Waals surface area contributed by atoms with Crippen LogP contribution >= 0.6 is 0 Å². The second kappa shape index (κ2) is 6.81. The lowest BCUT2D eigenvalue weighted by atomic mass is 9.79. The largest absolute Gasteiger partial charge is 0.497 e. The number of hydrogen-bond acceptors (Lipinski definition) is 3. The van der Waals surface area contributed by atoms with Gasteiger partial charge in [0, 0.05) is 24.6 Å². The van der Waals surface area contributed by atoms with Gasteiger partial charge in [-0.05, 0) is 52.0 Å². The fourth-order valence-electron chi connectivity index (χ4n) is 3.73. The summed E-state index contributed by atoms with van der Waals surface area (Å²) in [5.74, 6) is -0.546. The highest BCUT2D eigenvalue weighted by Gasteiger charge is 2.42. The number of methoxy groups -OCH3 is 1. The summed E-state index contributed by atoms with van der Waals surface area (Å²) in [7, 11) is 1.58. The molecule has 4 N–H and O–H groups in total. The molecule has 1 aliphatic heterocycles. The first kappa shape index (κ1) is 18.3. The van der Waals surface area contributed by atoms with Gasteiger partial charge in [-0.15, -0.1) is 0 Å². The Morgan fingerprint density at radius 3 is 2.08 bits per heavy atom. The molecule has 0 atom stereocenters. The number of benzene rings is 1. The van der Waals surface area contributed by atoms with Crippen LogP contribution in [-0.2, 0) is 9.59 Å². The van der Waals surface area contributed by atoms with E-state index in [-0.39, 0.29) is 17.1 Å². The second-order valence-corrected chi connectivity index (χ2v) is 7.88. The minimum absolute atomic E-state index is 0.00545. The van der Waals surface area contributed by atoms with Crippen molar-refractivity contribution in [1.29, 1.82) is 0 Å². The summed E-state index contributed by atoms with van der Waals surface area (Å²) in [6.45, 7) is 8.63. The zero-order valence-corrected chi connectivity index (χ0v) is 15.1. The summed E-state index contributed by atoms with van der Waals surface area (Å²) >= 11 is 0. The zero-order chi connectivity index (χ0) is 18.0. The number of hydrogen-bond donors (Lipinski definition) is 3. The van der Waals surface area contributed by atoms with E-state index in [1.165, 1.54) is 0 Å². The number of nitrogens with two attached hydrogens (primary N) is 1. The molecule has 2 rings (SSSR count). The average Bonchev–Trinajstić information content (AvgIpc) is 2.44. The topological polar surface area (TPSA) is 84.0 Å². The molecule has 6 heteroatoms. The third kappa shape index (κ3) is 4.96. The zero-order valence-electron chi connectivity index (χ0n) is 15.1. The number of amides is 2. The number of carbonyl (C=O) groups is 2. The first-order valence-electron chi connectivity index (χ1n) is 8.23. The van der Waals surface area contributed by atoms with Gasteiger partial charge in [-0.2, -0.15) is 0 Å². The lowest BCUT2D eigenvalue weighted by molar-refractivity contribution is -0.787. The van der Waals surface area contributed by atoms with Gasteiger partial charge in [-0.1, -0.05) is 0 Å². The van der Waals surface area contributed by atoms with Crippen molar-refractivity contribution < 1.29 is 19.6 Å². The van der Waals surface area contributed by atoms with Crippen LogP contribution in [0, 0.1) is 0 Å². The quantitative estimate of drug-likeness (QED) is 0.722. The highest BCUT2D eigenvalue weighted by atomic mass is 16.5. The van der Waals surface area contributed by atoms with Gasteiger partial charge in [0.2, 0.25) is 0 Å². The van der Waals surface area contributed by atoms with Gasteiger partial charge in [-0.25, -0.2) is 0 Å². The van der Waals surface area contributed by atoms with Crippen molar-refractivity contribution in [2.75, 3.05) is 12.4 Å². The van der Waals surface area contributed by atoms with Crippen molar-refractivity contribution in [3.8, 4) is 5.75 Å². The maximum absolute atomic E-state index is 12.2. The molecule has 1 fully saturated rings. The number of carbonyl (C=O) groups excluding carboxylic acids is 2. The minimum Gasteiger partial charge on any atom is -0.497 e. The summed E-state index contributed by atoms with van der Waals surface area (Å²) in [5.41, 5.74) is 0.631. The van der Waals surface area contributed by atoms with Gasteiger partial charge >= 0.3 is 11.8 Å². The Kier molecular flexibility index (Phi) is 5.18. The van der Waals surface area contributed by atoms with Crippen molar-refractivity contribution in [1.82, 2.24) is 5.32 Å². The van der Waals surface area contributed by atoms with E-state index in [2.05, 4.69) is 43.6 Å². The van der Waals surface area contributed by atoms with Crippen LogP contribution < -0.4 is 20.7 Å². The molecule has 0 saturated carbocycles. The fourth-order valence-corrected chi connectivity index (χ4v) is 3.73. The first-order valence-corrected chi connectivity index (χ1v) is 8.23. The Bertz CT molecular complexity index is 592. The molecule has 0 bridgehead atoms. The molecular weight excluding hydrogens is 306 g/mol. The number of rotatable bonds is 3. The van der Waals surface area contributed by atoms with Gasteiger partial charge in [0.1, 0.15) is 5.75 Å². The van der Waals surface area contributed by atoms with E-state index in [0.29, 0.717) is 11.4 Å². The molecule has 1 aliphatic rings. The monoisotopic (exact) mass is 334 g/mol. The van der Waals surface area contributed by atoms with Gasteiger partial charge < -0.3 is 20.7 Å². The highest BCUT2D eigenvalue weighted by Crippen LogP contribution is 2.21. The van der Waals surface area contributed by atoms with Crippen LogP contribution in [0.5, 0.6) is 5.75 Å². The predicted octanol–water partition coefficient (Wildman–Crippen LogP) is 1.03. The maximum Gasteiger partial charge on any atom is 0.313 e. The Morgan fingerprint density at radius 2 is 1.58 bits per heavy atom. The molecule has 2 amide bonds. The van der Waals surface area contributed by atoms with Crippen LogP contribution in [0.4, 0.5) is 5.69 Å². The third-order valence-corrected chi connectivity index (χ3v) is 4.22. The molecular formula is C18H28N3O3+. The van der Waals surface area contributed by atoms with Crippen LogP contribution in [0.1, 0.15) is 40.5 Å². The van der Waals surface area contributed by atoms with Crippen molar-refractivity contribution in [3.05, 3.63) is 24.3 Å². The Balaban J connectivity index is 1.94.